The first-order valence-corrected chi connectivity index (χ1v) is 5.80. The van der Waals surface area contributed by atoms with Gasteiger partial charge in [-0.2, -0.15) is 0 Å². The van der Waals surface area contributed by atoms with E-state index in [9.17, 15) is 9.46 Å². The van der Waals surface area contributed by atoms with Gasteiger partial charge in [0.1, 0.15) is 0 Å². The van der Waals surface area contributed by atoms with Crippen molar-refractivity contribution in [2.45, 2.75) is 6.16 Å². The third kappa shape index (κ3) is 3.12. The van der Waals surface area contributed by atoms with Crippen LogP contribution in [0.25, 0.3) is 0 Å². The minimum Gasteiger partial charge on any atom is -0.324 e. The summed E-state index contributed by atoms with van der Waals surface area (Å²) >= 11 is 5.80. The van der Waals surface area contributed by atoms with Crippen LogP contribution in [0, 0.1) is 0 Å². The Labute approximate surface area is 81.8 Å². The van der Waals surface area contributed by atoms with E-state index in [4.69, 9.17) is 11.6 Å². The summed E-state index contributed by atoms with van der Waals surface area (Å²) in [6, 6.07) is 6.90. The second kappa shape index (κ2) is 4.25. The highest BCUT2D eigenvalue weighted by Crippen LogP contribution is 2.45. The highest BCUT2D eigenvalue weighted by atomic mass is 35.5. The first-order chi connectivity index (χ1) is 6.05. The Bertz CT molecular complexity index is 340. The van der Waals surface area contributed by atoms with Crippen LogP contribution in [0.5, 0.6) is 0 Å². The lowest BCUT2D eigenvalue weighted by Crippen LogP contribution is -1.90. The summed E-state index contributed by atoms with van der Waals surface area (Å²) in [6.07, 6.45) is -0.0524. The van der Waals surface area contributed by atoms with Gasteiger partial charge in [-0.15, -0.1) is 0 Å². The molecule has 0 aliphatic rings. The molecule has 0 heterocycles. The normalized spacial score (nSPS) is 15.3. The van der Waals surface area contributed by atoms with Crippen LogP contribution in [0.2, 0.25) is 5.02 Å². The molecule has 0 saturated heterocycles. The quantitative estimate of drug-likeness (QED) is 0.797. The van der Waals surface area contributed by atoms with Gasteiger partial charge in [-0.3, -0.25) is 4.57 Å². The van der Waals surface area contributed by atoms with Crippen LogP contribution in [0.4, 0.5) is 0 Å². The van der Waals surface area contributed by atoms with E-state index in [1.165, 1.54) is 7.11 Å². The lowest BCUT2D eigenvalue weighted by atomic mass is 10.2. The Balaban J connectivity index is 2.86. The maximum atomic E-state index is 11.2. The SMILES string of the molecule is COP(=O)(O)Cc1ccccc1Cl. The molecule has 1 unspecified atom stereocenters. The van der Waals surface area contributed by atoms with Crippen molar-refractivity contribution in [1.82, 2.24) is 0 Å². The van der Waals surface area contributed by atoms with Gasteiger partial charge in [0.2, 0.25) is 0 Å². The van der Waals surface area contributed by atoms with E-state index in [-0.39, 0.29) is 6.16 Å². The Morgan fingerprint density at radius 3 is 2.69 bits per heavy atom. The Morgan fingerprint density at radius 2 is 2.15 bits per heavy atom. The Kier molecular flexibility index (Phi) is 3.51. The Hall–Kier alpha value is -0.340. The van der Waals surface area contributed by atoms with Crippen LogP contribution in [0.1, 0.15) is 5.56 Å². The van der Waals surface area contributed by atoms with Crippen LogP contribution < -0.4 is 0 Å². The van der Waals surface area contributed by atoms with E-state index in [1.54, 1.807) is 24.3 Å². The van der Waals surface area contributed by atoms with E-state index in [1.807, 2.05) is 0 Å². The molecule has 0 aliphatic heterocycles. The summed E-state index contributed by atoms with van der Waals surface area (Å²) < 4.78 is 15.6. The highest BCUT2D eigenvalue weighted by molar-refractivity contribution is 7.51. The molecule has 0 saturated carbocycles. The van der Waals surface area contributed by atoms with Crippen LogP contribution >= 0.6 is 19.2 Å². The second-order valence-corrected chi connectivity index (χ2v) is 4.93. The number of rotatable bonds is 3. The molecule has 72 valence electrons. The van der Waals surface area contributed by atoms with Crippen molar-refractivity contribution >= 4 is 19.2 Å². The van der Waals surface area contributed by atoms with Crippen LogP contribution in [-0.2, 0) is 15.3 Å². The number of halogens is 1. The third-order valence-electron chi connectivity index (χ3n) is 1.61. The summed E-state index contributed by atoms with van der Waals surface area (Å²) in [5.41, 5.74) is 0.622. The summed E-state index contributed by atoms with van der Waals surface area (Å²) in [4.78, 5) is 9.18. The predicted octanol–water partition coefficient (Wildman–Crippen LogP) is 2.67. The highest BCUT2D eigenvalue weighted by Gasteiger charge is 2.18. The lowest BCUT2D eigenvalue weighted by Gasteiger charge is -2.09. The maximum Gasteiger partial charge on any atom is 0.332 e. The molecule has 0 bridgehead atoms. The van der Waals surface area contributed by atoms with Gasteiger partial charge in [0, 0.05) is 12.1 Å². The zero-order valence-corrected chi connectivity index (χ0v) is 8.76. The van der Waals surface area contributed by atoms with Gasteiger partial charge in [-0.25, -0.2) is 0 Å². The largest absolute Gasteiger partial charge is 0.332 e. The fraction of sp³-hybridized carbons (Fsp3) is 0.250. The monoisotopic (exact) mass is 220 g/mol. The van der Waals surface area contributed by atoms with Crippen LogP contribution in [-0.4, -0.2) is 12.0 Å². The minimum atomic E-state index is -3.51. The van der Waals surface area contributed by atoms with Crippen molar-refractivity contribution in [2.24, 2.45) is 0 Å². The average Bonchev–Trinajstić information content (AvgIpc) is 2.09. The zero-order valence-electron chi connectivity index (χ0n) is 7.11. The third-order valence-corrected chi connectivity index (χ3v) is 3.29. The molecule has 0 spiro atoms. The summed E-state index contributed by atoms with van der Waals surface area (Å²) in [7, 11) is -2.30. The summed E-state index contributed by atoms with van der Waals surface area (Å²) in [5, 5.41) is 0.480. The fourth-order valence-electron chi connectivity index (χ4n) is 0.906. The van der Waals surface area contributed by atoms with E-state index >= 15 is 0 Å². The van der Waals surface area contributed by atoms with Crippen LogP contribution in [0.3, 0.4) is 0 Å². The summed E-state index contributed by atoms with van der Waals surface area (Å²) in [5.74, 6) is 0. The second-order valence-electron chi connectivity index (χ2n) is 2.57. The van der Waals surface area contributed by atoms with Crippen LogP contribution in [0.15, 0.2) is 24.3 Å². The molecular formula is C8H10ClO3P. The molecule has 0 aliphatic carbocycles. The molecule has 1 aromatic rings. The van der Waals surface area contributed by atoms with Gasteiger partial charge >= 0.3 is 7.60 Å². The molecule has 1 N–H and O–H groups in total. The molecule has 1 atom stereocenters. The molecule has 0 aromatic heterocycles. The van der Waals surface area contributed by atoms with Gasteiger partial charge in [0.15, 0.2) is 0 Å². The van der Waals surface area contributed by atoms with Crippen molar-refractivity contribution < 1.29 is 14.0 Å². The average molecular weight is 221 g/mol. The molecule has 0 amide bonds. The predicted molar refractivity (Wildman–Crippen MR) is 52.0 cm³/mol. The molecule has 1 rings (SSSR count). The van der Waals surface area contributed by atoms with E-state index in [0.29, 0.717) is 10.6 Å². The molecule has 0 fully saturated rings. The minimum absolute atomic E-state index is 0.0524. The van der Waals surface area contributed by atoms with Crippen molar-refractivity contribution in [1.29, 1.82) is 0 Å². The standard InChI is InChI=1S/C8H10ClO3P/c1-12-13(10,11)6-7-4-2-3-5-8(7)9/h2-5H,6H2,1H3,(H,10,11). The van der Waals surface area contributed by atoms with Gasteiger partial charge in [0.25, 0.3) is 0 Å². The molecule has 13 heavy (non-hydrogen) atoms. The van der Waals surface area contributed by atoms with E-state index in [0.717, 1.165) is 0 Å². The van der Waals surface area contributed by atoms with Gasteiger partial charge < -0.3 is 9.42 Å². The molecule has 5 heteroatoms. The molecule has 3 nitrogen and oxygen atoms in total. The van der Waals surface area contributed by atoms with Gasteiger partial charge in [-0.05, 0) is 11.6 Å². The number of benzene rings is 1. The first-order valence-electron chi connectivity index (χ1n) is 3.66. The number of hydrogen-bond donors (Lipinski definition) is 1. The first kappa shape index (κ1) is 10.7. The summed E-state index contributed by atoms with van der Waals surface area (Å²) in [6.45, 7) is 0. The maximum absolute atomic E-state index is 11.2. The zero-order chi connectivity index (χ0) is 9.90. The molecular weight excluding hydrogens is 211 g/mol. The van der Waals surface area contributed by atoms with Gasteiger partial charge in [0.05, 0.1) is 6.16 Å². The van der Waals surface area contributed by atoms with Crippen molar-refractivity contribution in [3.05, 3.63) is 34.9 Å². The van der Waals surface area contributed by atoms with E-state index < -0.39 is 7.60 Å². The molecule has 0 radical (unpaired) electrons. The Morgan fingerprint density at radius 1 is 1.54 bits per heavy atom. The lowest BCUT2D eigenvalue weighted by molar-refractivity contribution is 0.314. The smallest absolute Gasteiger partial charge is 0.324 e. The fourth-order valence-corrected chi connectivity index (χ4v) is 2.04. The van der Waals surface area contributed by atoms with Crippen molar-refractivity contribution in [2.75, 3.05) is 7.11 Å². The van der Waals surface area contributed by atoms with E-state index in [2.05, 4.69) is 4.52 Å². The number of hydrogen-bond acceptors (Lipinski definition) is 2. The van der Waals surface area contributed by atoms with Crippen molar-refractivity contribution in [3.8, 4) is 0 Å². The molecule has 1 aromatic carbocycles. The van der Waals surface area contributed by atoms with Crippen molar-refractivity contribution in [3.63, 3.8) is 0 Å². The topological polar surface area (TPSA) is 46.5 Å². The van der Waals surface area contributed by atoms with Gasteiger partial charge in [-0.1, -0.05) is 29.8 Å².